The van der Waals surface area contributed by atoms with Gasteiger partial charge in [-0.15, -0.1) is 0 Å². The van der Waals surface area contributed by atoms with Gasteiger partial charge in [0.25, 0.3) is 7.83 Å². The molecule has 1 fully saturated rings. The molecular formula is C13H30O4Si2. The lowest BCUT2D eigenvalue weighted by Crippen LogP contribution is -2.71. The summed E-state index contributed by atoms with van der Waals surface area (Å²) in [5.74, 6) is 0. The van der Waals surface area contributed by atoms with Crippen molar-refractivity contribution in [2.45, 2.75) is 59.0 Å². The maximum absolute atomic E-state index is 6.35. The van der Waals surface area contributed by atoms with E-state index in [1.54, 1.807) is 0 Å². The maximum atomic E-state index is 6.35. The summed E-state index contributed by atoms with van der Waals surface area (Å²) in [6.45, 7) is 11.1. The Bertz CT molecular complexity index is 222. The predicted octanol–water partition coefficient (Wildman–Crippen LogP) is 3.28. The molecule has 114 valence electrons. The van der Waals surface area contributed by atoms with E-state index in [0.29, 0.717) is 19.8 Å². The summed E-state index contributed by atoms with van der Waals surface area (Å²) < 4.78 is 24.8. The topological polar surface area (TPSA) is 36.9 Å². The summed E-state index contributed by atoms with van der Waals surface area (Å²) in [6, 6.07) is 2.23. The molecule has 1 unspecified atom stereocenters. The van der Waals surface area contributed by atoms with E-state index in [1.807, 2.05) is 20.8 Å². The zero-order valence-electron chi connectivity index (χ0n) is 13.0. The highest BCUT2D eigenvalue weighted by Crippen LogP contribution is 2.37. The first-order valence-electron chi connectivity index (χ1n) is 7.76. The van der Waals surface area contributed by atoms with Crippen molar-refractivity contribution in [1.29, 1.82) is 0 Å². The number of hydrogen-bond donors (Lipinski definition) is 0. The Labute approximate surface area is 120 Å². The summed E-state index contributed by atoms with van der Waals surface area (Å²) >= 11 is 0. The van der Waals surface area contributed by atoms with Gasteiger partial charge in [0.15, 0.2) is 0 Å². The Kier molecular flexibility index (Phi) is 7.78. The number of hydrogen-bond acceptors (Lipinski definition) is 4. The maximum Gasteiger partial charge on any atom is 0.503 e. The van der Waals surface area contributed by atoms with Crippen molar-refractivity contribution in [3.05, 3.63) is 0 Å². The molecule has 0 spiro atoms. The van der Waals surface area contributed by atoms with Crippen LogP contribution in [0.15, 0.2) is 0 Å². The second-order valence-corrected chi connectivity index (χ2v) is 14.7. The van der Waals surface area contributed by atoms with Gasteiger partial charge in [-0.25, -0.2) is 0 Å². The highest BCUT2D eigenvalue weighted by atomic mass is 29.3. The Balaban J connectivity index is 3.05. The van der Waals surface area contributed by atoms with Gasteiger partial charge in [0.1, 0.15) is 0 Å². The van der Waals surface area contributed by atoms with Gasteiger partial charge in [-0.2, -0.15) is 0 Å². The molecular weight excluding hydrogens is 276 g/mol. The second kappa shape index (κ2) is 8.54. The predicted molar refractivity (Wildman–Crippen MR) is 81.5 cm³/mol. The van der Waals surface area contributed by atoms with Crippen LogP contribution in [0.3, 0.4) is 0 Å². The molecule has 1 aliphatic heterocycles. The van der Waals surface area contributed by atoms with E-state index in [1.165, 1.54) is 6.42 Å². The van der Waals surface area contributed by atoms with Crippen molar-refractivity contribution in [1.82, 2.24) is 0 Å². The van der Waals surface area contributed by atoms with Crippen molar-refractivity contribution in [2.24, 2.45) is 0 Å². The first kappa shape index (κ1) is 17.3. The summed E-state index contributed by atoms with van der Waals surface area (Å²) in [5, 5.41) is 0. The largest absolute Gasteiger partial charge is 0.503 e. The molecule has 19 heavy (non-hydrogen) atoms. The molecule has 1 saturated heterocycles. The zero-order chi connectivity index (χ0) is 14.2. The third kappa shape index (κ3) is 3.89. The van der Waals surface area contributed by atoms with Crippen LogP contribution in [-0.4, -0.2) is 42.6 Å². The lowest BCUT2D eigenvalue weighted by atomic mass is 10.4. The summed E-state index contributed by atoms with van der Waals surface area (Å²) in [6.07, 6.45) is 3.51. The molecule has 6 heteroatoms. The van der Waals surface area contributed by atoms with Crippen LogP contribution in [0.2, 0.25) is 12.1 Å². The average molecular weight is 307 g/mol. The zero-order valence-corrected chi connectivity index (χ0v) is 15.0. The molecule has 0 aromatic carbocycles. The van der Waals surface area contributed by atoms with Gasteiger partial charge in [0, 0.05) is 26.4 Å². The Hall–Kier alpha value is 0.274. The van der Waals surface area contributed by atoms with E-state index >= 15 is 0 Å². The van der Waals surface area contributed by atoms with Crippen molar-refractivity contribution < 1.29 is 17.7 Å². The normalized spacial score (nSPS) is 24.6. The molecule has 0 aromatic rings. The standard InChI is InChI=1S/C13H30O4Si2/c1-5-12-18(13-10-9-11-17-18)19(14-6-2,15-7-3)16-8-4/h5-13H2,1-4H3. The first-order chi connectivity index (χ1) is 9.20. The fraction of sp³-hybridized carbons (Fsp3) is 1.00. The van der Waals surface area contributed by atoms with E-state index < -0.39 is 16.2 Å². The molecule has 0 bridgehead atoms. The minimum absolute atomic E-state index is 0.647. The molecule has 0 radical (unpaired) electrons. The van der Waals surface area contributed by atoms with E-state index in [2.05, 4.69) is 6.92 Å². The SMILES string of the molecule is CCC[Si]1([Si](OCC)(OCC)OCC)CCCCO1. The molecule has 1 atom stereocenters. The van der Waals surface area contributed by atoms with Gasteiger partial charge in [-0.05, 0) is 39.3 Å². The minimum atomic E-state index is -2.65. The Morgan fingerprint density at radius 2 is 1.53 bits per heavy atom. The van der Waals surface area contributed by atoms with Gasteiger partial charge < -0.3 is 17.7 Å². The summed E-state index contributed by atoms with van der Waals surface area (Å²) in [4.78, 5) is 0. The molecule has 1 aliphatic rings. The van der Waals surface area contributed by atoms with Crippen LogP contribution in [0.1, 0.15) is 47.0 Å². The van der Waals surface area contributed by atoms with E-state index in [9.17, 15) is 0 Å². The van der Waals surface area contributed by atoms with Crippen LogP contribution < -0.4 is 0 Å². The first-order valence-corrected chi connectivity index (χ1v) is 12.8. The Morgan fingerprint density at radius 1 is 0.947 bits per heavy atom. The van der Waals surface area contributed by atoms with Crippen LogP contribution in [0.5, 0.6) is 0 Å². The molecule has 1 rings (SSSR count). The van der Waals surface area contributed by atoms with E-state index in [0.717, 1.165) is 31.5 Å². The van der Waals surface area contributed by atoms with Crippen molar-refractivity contribution in [3.8, 4) is 0 Å². The molecule has 0 aliphatic carbocycles. The van der Waals surface area contributed by atoms with Crippen LogP contribution in [0.25, 0.3) is 0 Å². The van der Waals surface area contributed by atoms with Gasteiger partial charge in [0.05, 0.1) is 0 Å². The van der Waals surface area contributed by atoms with E-state index in [-0.39, 0.29) is 0 Å². The monoisotopic (exact) mass is 306 g/mol. The molecule has 4 nitrogen and oxygen atoms in total. The van der Waals surface area contributed by atoms with Gasteiger partial charge in [0.2, 0.25) is 0 Å². The molecule has 1 heterocycles. The van der Waals surface area contributed by atoms with Crippen molar-refractivity contribution in [2.75, 3.05) is 26.4 Å². The molecule has 0 saturated carbocycles. The smallest absolute Gasteiger partial charge is 0.411 e. The van der Waals surface area contributed by atoms with E-state index in [4.69, 9.17) is 17.7 Å². The highest BCUT2D eigenvalue weighted by Gasteiger charge is 2.64. The van der Waals surface area contributed by atoms with Gasteiger partial charge in [-0.1, -0.05) is 19.8 Å². The van der Waals surface area contributed by atoms with Crippen LogP contribution >= 0.6 is 0 Å². The molecule has 0 N–H and O–H groups in total. The fourth-order valence-electron chi connectivity index (χ4n) is 2.94. The van der Waals surface area contributed by atoms with Crippen molar-refractivity contribution in [3.63, 3.8) is 0 Å². The highest BCUT2D eigenvalue weighted by molar-refractivity contribution is 7.32. The summed E-state index contributed by atoms with van der Waals surface area (Å²) in [5.41, 5.74) is 0. The Morgan fingerprint density at radius 3 is 1.89 bits per heavy atom. The van der Waals surface area contributed by atoms with Gasteiger partial charge in [-0.3, -0.25) is 0 Å². The average Bonchev–Trinajstić information content (AvgIpc) is 2.41. The number of rotatable bonds is 9. The summed E-state index contributed by atoms with van der Waals surface area (Å²) in [7, 11) is -4.70. The third-order valence-electron chi connectivity index (χ3n) is 3.57. The lowest BCUT2D eigenvalue weighted by Gasteiger charge is -2.45. The van der Waals surface area contributed by atoms with Crippen molar-refractivity contribution >= 4 is 16.2 Å². The second-order valence-electron chi connectivity index (χ2n) is 4.91. The minimum Gasteiger partial charge on any atom is -0.411 e. The van der Waals surface area contributed by atoms with Gasteiger partial charge >= 0.3 is 8.32 Å². The third-order valence-corrected chi connectivity index (χ3v) is 16.5. The molecule has 0 aromatic heterocycles. The fourth-order valence-corrected chi connectivity index (χ4v) is 16.2. The lowest BCUT2D eigenvalue weighted by molar-refractivity contribution is 0.0791. The van der Waals surface area contributed by atoms with Crippen LogP contribution in [0, 0.1) is 0 Å². The quantitative estimate of drug-likeness (QED) is 0.613. The molecule has 0 amide bonds. The van der Waals surface area contributed by atoms with Crippen LogP contribution in [0.4, 0.5) is 0 Å². The van der Waals surface area contributed by atoms with Crippen LogP contribution in [-0.2, 0) is 17.7 Å².